The molecule has 2 aromatic rings. The molecule has 0 saturated heterocycles. The monoisotopic (exact) mass is 329 g/mol. The molecule has 0 fully saturated rings. The van der Waals surface area contributed by atoms with Crippen molar-refractivity contribution in [3.05, 3.63) is 63.4 Å². The Bertz CT molecular complexity index is 664. The molecule has 0 aromatic heterocycles. The Morgan fingerprint density at radius 2 is 1.90 bits per heavy atom. The van der Waals surface area contributed by atoms with Gasteiger partial charge >= 0.3 is 0 Å². The molecule has 0 amide bonds. The van der Waals surface area contributed by atoms with E-state index in [9.17, 15) is 4.39 Å². The van der Waals surface area contributed by atoms with E-state index in [1.807, 2.05) is 0 Å². The number of halogens is 3. The van der Waals surface area contributed by atoms with Crippen molar-refractivity contribution in [3.8, 4) is 5.75 Å². The van der Waals surface area contributed by atoms with Gasteiger partial charge < -0.3 is 10.5 Å². The molecular formula is C14H10Cl2FNOS. The Kier molecular flexibility index (Phi) is 4.81. The molecule has 2 N–H and O–H groups in total. The predicted octanol–water partition coefficient (Wildman–Crippen LogP) is 4.35. The number of ether oxygens (including phenoxy) is 1. The quantitative estimate of drug-likeness (QED) is 0.847. The average Bonchev–Trinajstić information content (AvgIpc) is 2.41. The number of hydrogen-bond donors (Lipinski definition) is 1. The van der Waals surface area contributed by atoms with Crippen molar-refractivity contribution in [3.63, 3.8) is 0 Å². The lowest BCUT2D eigenvalue weighted by atomic mass is 10.1. The molecule has 0 aliphatic rings. The lowest BCUT2D eigenvalue weighted by Gasteiger charge is -2.11. The number of rotatable bonds is 4. The van der Waals surface area contributed by atoms with E-state index in [-0.39, 0.29) is 17.2 Å². The Morgan fingerprint density at radius 3 is 2.60 bits per heavy atom. The van der Waals surface area contributed by atoms with Gasteiger partial charge in [0.25, 0.3) is 0 Å². The second-order valence-corrected chi connectivity index (χ2v) is 5.21. The van der Waals surface area contributed by atoms with Crippen LogP contribution in [0.25, 0.3) is 0 Å². The minimum absolute atomic E-state index is 0.00233. The first-order chi connectivity index (χ1) is 9.50. The molecule has 0 saturated carbocycles. The molecule has 0 unspecified atom stereocenters. The second-order valence-electron chi connectivity index (χ2n) is 3.98. The molecule has 6 heteroatoms. The van der Waals surface area contributed by atoms with Crippen molar-refractivity contribution in [1.29, 1.82) is 0 Å². The maximum atomic E-state index is 14.1. The first-order valence-electron chi connectivity index (χ1n) is 5.64. The molecule has 2 nitrogen and oxygen atoms in total. The van der Waals surface area contributed by atoms with Gasteiger partial charge in [0.05, 0.1) is 5.02 Å². The van der Waals surface area contributed by atoms with E-state index in [0.717, 1.165) is 0 Å². The van der Waals surface area contributed by atoms with Crippen molar-refractivity contribution in [1.82, 2.24) is 0 Å². The van der Waals surface area contributed by atoms with E-state index < -0.39 is 5.82 Å². The number of thiocarbonyl (C=S) groups is 1. The summed E-state index contributed by atoms with van der Waals surface area (Å²) in [5, 5.41) is 0.668. The van der Waals surface area contributed by atoms with Crippen molar-refractivity contribution in [2.24, 2.45) is 5.73 Å². The highest BCUT2D eigenvalue weighted by Crippen LogP contribution is 2.32. The molecular weight excluding hydrogens is 320 g/mol. The minimum atomic E-state index is -0.488. The van der Waals surface area contributed by atoms with Crippen molar-refractivity contribution in [2.45, 2.75) is 6.61 Å². The lowest BCUT2D eigenvalue weighted by molar-refractivity contribution is 0.300. The Morgan fingerprint density at radius 1 is 1.20 bits per heavy atom. The number of benzene rings is 2. The molecule has 0 heterocycles. The standard InChI is InChI=1S/C14H10Cl2FNOS/c15-10-5-2-6-11(12(10)16)19-7-8-3-1-4-9(13(8)17)14(18)20/h1-6H,7H2,(H2,18,20). The van der Waals surface area contributed by atoms with Crippen LogP contribution in [-0.4, -0.2) is 4.99 Å². The molecule has 104 valence electrons. The molecule has 2 aromatic carbocycles. The van der Waals surface area contributed by atoms with E-state index in [0.29, 0.717) is 21.4 Å². The van der Waals surface area contributed by atoms with Gasteiger partial charge in [-0.25, -0.2) is 4.39 Å². The summed E-state index contributed by atoms with van der Waals surface area (Å²) in [7, 11) is 0. The van der Waals surface area contributed by atoms with Crippen LogP contribution in [0.3, 0.4) is 0 Å². The maximum Gasteiger partial charge on any atom is 0.139 e. The summed E-state index contributed by atoms with van der Waals surface area (Å²) in [6, 6.07) is 9.78. The molecule has 0 aliphatic carbocycles. The Balaban J connectivity index is 2.21. The zero-order valence-corrected chi connectivity index (χ0v) is 12.5. The Labute approximate surface area is 131 Å². The van der Waals surface area contributed by atoms with Gasteiger partial charge in [-0.3, -0.25) is 0 Å². The third kappa shape index (κ3) is 3.20. The van der Waals surface area contributed by atoms with E-state index in [4.69, 9.17) is 45.9 Å². The van der Waals surface area contributed by atoms with Gasteiger partial charge in [-0.15, -0.1) is 0 Å². The van der Waals surface area contributed by atoms with Crippen LogP contribution in [-0.2, 0) is 6.61 Å². The fraction of sp³-hybridized carbons (Fsp3) is 0.0714. The van der Waals surface area contributed by atoms with Gasteiger partial charge in [0.15, 0.2) is 0 Å². The third-order valence-corrected chi connectivity index (χ3v) is 3.66. The fourth-order valence-corrected chi connectivity index (χ4v) is 2.14. The van der Waals surface area contributed by atoms with Crippen molar-refractivity contribution in [2.75, 3.05) is 0 Å². The van der Waals surface area contributed by atoms with Crippen LogP contribution in [0.4, 0.5) is 4.39 Å². The van der Waals surface area contributed by atoms with Crippen LogP contribution < -0.4 is 10.5 Å². The minimum Gasteiger partial charge on any atom is -0.487 e. The predicted molar refractivity (Wildman–Crippen MR) is 83.1 cm³/mol. The topological polar surface area (TPSA) is 35.2 Å². The largest absolute Gasteiger partial charge is 0.487 e. The summed E-state index contributed by atoms with van der Waals surface area (Å²) in [6.07, 6.45) is 0. The number of nitrogens with two attached hydrogens (primary N) is 1. The van der Waals surface area contributed by atoms with Gasteiger partial charge in [0.1, 0.15) is 28.2 Å². The van der Waals surface area contributed by atoms with Crippen molar-refractivity contribution >= 4 is 40.4 Å². The number of hydrogen-bond acceptors (Lipinski definition) is 2. The molecule has 0 radical (unpaired) electrons. The summed E-state index contributed by atoms with van der Waals surface area (Å²) in [5.74, 6) is -0.0996. The fourth-order valence-electron chi connectivity index (χ4n) is 1.63. The molecule has 0 aliphatic heterocycles. The molecule has 0 atom stereocenters. The normalized spacial score (nSPS) is 10.3. The van der Waals surface area contributed by atoms with Crippen LogP contribution in [0.5, 0.6) is 5.75 Å². The van der Waals surface area contributed by atoms with Crippen LogP contribution >= 0.6 is 35.4 Å². The molecule has 0 spiro atoms. The van der Waals surface area contributed by atoms with Crippen LogP contribution in [0, 0.1) is 5.82 Å². The van der Waals surface area contributed by atoms with E-state index in [1.54, 1.807) is 30.3 Å². The second kappa shape index (κ2) is 6.39. The highest BCUT2D eigenvalue weighted by molar-refractivity contribution is 7.80. The van der Waals surface area contributed by atoms with Gasteiger partial charge in [0.2, 0.25) is 0 Å². The Hall–Kier alpha value is -1.36. The van der Waals surface area contributed by atoms with Gasteiger partial charge in [0, 0.05) is 11.1 Å². The first-order valence-corrected chi connectivity index (χ1v) is 6.81. The smallest absolute Gasteiger partial charge is 0.139 e. The van der Waals surface area contributed by atoms with Crippen LogP contribution in [0.2, 0.25) is 10.0 Å². The zero-order chi connectivity index (χ0) is 14.7. The average molecular weight is 330 g/mol. The highest BCUT2D eigenvalue weighted by Gasteiger charge is 2.12. The molecule has 0 bridgehead atoms. The lowest BCUT2D eigenvalue weighted by Crippen LogP contribution is -2.13. The van der Waals surface area contributed by atoms with Crippen LogP contribution in [0.1, 0.15) is 11.1 Å². The summed E-state index contributed by atoms with van der Waals surface area (Å²) < 4.78 is 19.6. The van der Waals surface area contributed by atoms with E-state index >= 15 is 0 Å². The SMILES string of the molecule is NC(=S)c1cccc(COc2cccc(Cl)c2Cl)c1F. The molecule has 2 rings (SSSR count). The van der Waals surface area contributed by atoms with Gasteiger partial charge in [-0.2, -0.15) is 0 Å². The van der Waals surface area contributed by atoms with Gasteiger partial charge in [-0.05, 0) is 18.2 Å². The van der Waals surface area contributed by atoms with E-state index in [1.165, 1.54) is 6.07 Å². The third-order valence-electron chi connectivity index (χ3n) is 2.64. The van der Waals surface area contributed by atoms with Gasteiger partial charge in [-0.1, -0.05) is 53.6 Å². The molecule has 20 heavy (non-hydrogen) atoms. The summed E-state index contributed by atoms with van der Waals surface area (Å²) >= 11 is 16.6. The van der Waals surface area contributed by atoms with Crippen molar-refractivity contribution < 1.29 is 9.13 Å². The summed E-state index contributed by atoms with van der Waals surface area (Å²) in [4.78, 5) is 0.00476. The highest BCUT2D eigenvalue weighted by atomic mass is 35.5. The maximum absolute atomic E-state index is 14.1. The van der Waals surface area contributed by atoms with E-state index in [2.05, 4.69) is 0 Å². The summed E-state index contributed by atoms with van der Waals surface area (Å²) in [5.41, 5.74) is 5.98. The summed E-state index contributed by atoms with van der Waals surface area (Å²) in [6.45, 7) is 0.00233. The van der Waals surface area contributed by atoms with Crippen LogP contribution in [0.15, 0.2) is 36.4 Å². The zero-order valence-electron chi connectivity index (χ0n) is 10.2. The first kappa shape index (κ1) is 15.0.